The molecule has 7 nitrogen and oxygen atoms in total. The van der Waals surface area contributed by atoms with E-state index in [1.165, 1.54) is 49.6 Å². The molecule has 2 N–H and O–H groups in total. The van der Waals surface area contributed by atoms with Gasteiger partial charge >= 0.3 is 6.09 Å². The van der Waals surface area contributed by atoms with Gasteiger partial charge in [0, 0.05) is 11.1 Å². The molecule has 0 spiro atoms. The number of imidazole rings is 1. The Morgan fingerprint density at radius 3 is 2.50 bits per heavy atom. The van der Waals surface area contributed by atoms with Gasteiger partial charge in [-0.25, -0.2) is 14.2 Å². The summed E-state index contributed by atoms with van der Waals surface area (Å²) < 4.78 is 18.0. The molecule has 0 saturated carbocycles. The lowest BCUT2D eigenvalue weighted by Crippen LogP contribution is -2.14. The summed E-state index contributed by atoms with van der Waals surface area (Å²) in [6.07, 6.45) is -0.789. The van der Waals surface area contributed by atoms with Crippen molar-refractivity contribution in [3.05, 3.63) is 59.4 Å². The molecule has 122 valence electrons. The minimum atomic E-state index is -0.789. The van der Waals surface area contributed by atoms with Gasteiger partial charge in [-0.2, -0.15) is 0 Å². The molecule has 1 heterocycles. The molecule has 3 rings (SSSR count). The Hall–Kier alpha value is -3.42. The Morgan fingerprint density at radius 1 is 1.17 bits per heavy atom. The first kappa shape index (κ1) is 15.5. The lowest BCUT2D eigenvalue weighted by Gasteiger charge is -2.03. The molecule has 2 aromatic carbocycles. The van der Waals surface area contributed by atoms with Crippen molar-refractivity contribution in [1.29, 1.82) is 0 Å². The average Bonchev–Trinajstić information content (AvgIpc) is 2.90. The molecule has 0 unspecified atom stereocenters. The maximum atomic E-state index is 12.9. The Bertz CT molecular complexity index is 934. The number of ether oxygens (including phenoxy) is 1. The third-order valence-corrected chi connectivity index (χ3v) is 3.40. The van der Waals surface area contributed by atoms with Crippen molar-refractivity contribution in [2.24, 2.45) is 0 Å². The summed E-state index contributed by atoms with van der Waals surface area (Å²) in [5.41, 5.74) is 1.20. The second-order valence-electron chi connectivity index (χ2n) is 4.90. The van der Waals surface area contributed by atoms with Gasteiger partial charge in [-0.05, 0) is 42.5 Å². The van der Waals surface area contributed by atoms with E-state index in [0.717, 1.165) is 0 Å². The van der Waals surface area contributed by atoms with E-state index >= 15 is 0 Å². The quantitative estimate of drug-likeness (QED) is 0.569. The summed E-state index contributed by atoms with van der Waals surface area (Å²) in [6, 6.07) is 9.63. The van der Waals surface area contributed by atoms with E-state index in [9.17, 15) is 19.2 Å². The lowest BCUT2D eigenvalue weighted by molar-refractivity contribution is 0.103. The van der Waals surface area contributed by atoms with Crippen molar-refractivity contribution < 1.29 is 23.9 Å². The monoisotopic (exact) mass is 329 g/mol. The van der Waals surface area contributed by atoms with Gasteiger partial charge in [0.1, 0.15) is 11.3 Å². The molecule has 8 heteroatoms. The molecular weight excluding hydrogens is 317 g/mol. The van der Waals surface area contributed by atoms with Crippen LogP contribution in [0.25, 0.3) is 11.0 Å². The van der Waals surface area contributed by atoms with Crippen LogP contribution in [-0.2, 0) is 4.74 Å². The first-order valence-corrected chi connectivity index (χ1v) is 6.86. The van der Waals surface area contributed by atoms with Crippen molar-refractivity contribution in [2.75, 3.05) is 12.4 Å². The zero-order valence-electron chi connectivity index (χ0n) is 12.5. The molecule has 1 amide bonds. The molecule has 0 aliphatic heterocycles. The second-order valence-corrected chi connectivity index (χ2v) is 4.90. The van der Waals surface area contributed by atoms with E-state index in [4.69, 9.17) is 0 Å². The van der Waals surface area contributed by atoms with E-state index in [0.29, 0.717) is 15.8 Å². The highest BCUT2D eigenvalue weighted by atomic mass is 19.1. The fraction of sp³-hybridized carbons (Fsp3) is 0.0625. The summed E-state index contributed by atoms with van der Waals surface area (Å²) in [4.78, 5) is 27.7. The lowest BCUT2D eigenvalue weighted by atomic mass is 10.0. The minimum absolute atomic E-state index is 0.136. The van der Waals surface area contributed by atoms with Crippen molar-refractivity contribution in [1.82, 2.24) is 9.71 Å². The van der Waals surface area contributed by atoms with Crippen molar-refractivity contribution >= 4 is 28.9 Å². The average molecular weight is 329 g/mol. The number of rotatable bonds is 3. The number of hydrogen-bond acceptors (Lipinski definition) is 5. The molecule has 24 heavy (non-hydrogen) atoms. The van der Waals surface area contributed by atoms with E-state index < -0.39 is 11.9 Å². The molecule has 0 aliphatic rings. The van der Waals surface area contributed by atoms with E-state index in [1.54, 1.807) is 0 Å². The number of methoxy groups -OCH3 is 1. The Labute approximate surface area is 135 Å². The van der Waals surface area contributed by atoms with Crippen LogP contribution in [0.5, 0.6) is 0 Å². The second kappa shape index (κ2) is 5.99. The van der Waals surface area contributed by atoms with Crippen LogP contribution in [-0.4, -0.2) is 33.9 Å². The number of anilines is 1. The van der Waals surface area contributed by atoms with Gasteiger partial charge in [0.25, 0.3) is 0 Å². The molecule has 0 bridgehead atoms. The Balaban J connectivity index is 1.98. The third-order valence-electron chi connectivity index (χ3n) is 3.40. The van der Waals surface area contributed by atoms with E-state index in [2.05, 4.69) is 15.0 Å². The maximum Gasteiger partial charge on any atom is 0.413 e. The Kier molecular flexibility index (Phi) is 3.87. The number of carbonyl (C=O) groups is 2. The van der Waals surface area contributed by atoms with Gasteiger partial charge in [-0.3, -0.25) is 10.1 Å². The standard InChI is InChI=1S/C16H12FN3O4/c1-24-16(22)19-15-18-12-7-4-10(8-13(12)20(15)23)14(21)9-2-5-11(17)6-3-9/h2-8,23H,1H3,(H,18,19,22). The smallest absolute Gasteiger partial charge is 0.413 e. The highest BCUT2D eigenvalue weighted by Crippen LogP contribution is 2.21. The summed E-state index contributed by atoms with van der Waals surface area (Å²) in [6.45, 7) is 0. The predicted molar refractivity (Wildman–Crippen MR) is 82.8 cm³/mol. The van der Waals surface area contributed by atoms with Crippen LogP contribution >= 0.6 is 0 Å². The summed E-state index contributed by atoms with van der Waals surface area (Å²) in [5, 5.41) is 12.3. The van der Waals surface area contributed by atoms with Crippen LogP contribution in [0, 0.1) is 5.82 Å². The molecule has 0 atom stereocenters. The van der Waals surface area contributed by atoms with Crippen molar-refractivity contribution in [2.45, 2.75) is 0 Å². The number of nitrogens with zero attached hydrogens (tertiary/aromatic N) is 2. The van der Waals surface area contributed by atoms with Crippen LogP contribution < -0.4 is 5.32 Å². The number of ketones is 1. The summed E-state index contributed by atoms with van der Waals surface area (Å²) in [5.74, 6) is -0.905. The number of hydrogen-bond donors (Lipinski definition) is 2. The van der Waals surface area contributed by atoms with Crippen molar-refractivity contribution in [3.8, 4) is 0 Å². The molecule has 1 aromatic heterocycles. The minimum Gasteiger partial charge on any atom is -0.453 e. The first-order valence-electron chi connectivity index (χ1n) is 6.86. The van der Waals surface area contributed by atoms with E-state index in [-0.39, 0.29) is 22.8 Å². The fourth-order valence-electron chi connectivity index (χ4n) is 2.20. The molecule has 0 radical (unpaired) electrons. The topological polar surface area (TPSA) is 93.5 Å². The number of nitrogens with one attached hydrogen (secondary N) is 1. The normalized spacial score (nSPS) is 10.6. The predicted octanol–water partition coefficient (Wildman–Crippen LogP) is 2.82. The van der Waals surface area contributed by atoms with E-state index in [1.807, 2.05) is 0 Å². The van der Waals surface area contributed by atoms with Crippen LogP contribution in [0.1, 0.15) is 15.9 Å². The fourth-order valence-corrected chi connectivity index (χ4v) is 2.20. The number of amides is 1. The largest absolute Gasteiger partial charge is 0.453 e. The molecule has 0 aliphatic carbocycles. The van der Waals surface area contributed by atoms with Gasteiger partial charge in [-0.15, -0.1) is 4.73 Å². The van der Waals surface area contributed by atoms with Crippen molar-refractivity contribution in [3.63, 3.8) is 0 Å². The highest BCUT2D eigenvalue weighted by Gasteiger charge is 2.16. The SMILES string of the molecule is COC(=O)Nc1nc2ccc(C(=O)c3ccc(F)cc3)cc2n1O. The zero-order chi connectivity index (χ0) is 17.3. The molecule has 0 saturated heterocycles. The summed E-state index contributed by atoms with van der Waals surface area (Å²) in [7, 11) is 1.18. The number of halogens is 1. The Morgan fingerprint density at radius 2 is 1.83 bits per heavy atom. The van der Waals surface area contributed by atoms with Gasteiger partial charge in [0.15, 0.2) is 5.78 Å². The highest BCUT2D eigenvalue weighted by molar-refractivity contribution is 6.10. The maximum absolute atomic E-state index is 12.9. The third kappa shape index (κ3) is 2.76. The first-order chi connectivity index (χ1) is 11.5. The van der Waals surface area contributed by atoms with Gasteiger partial charge in [0.05, 0.1) is 12.6 Å². The number of fused-ring (bicyclic) bond motifs is 1. The molecule has 0 fully saturated rings. The van der Waals surface area contributed by atoms with Crippen LogP contribution in [0.4, 0.5) is 15.1 Å². The van der Waals surface area contributed by atoms with Crippen LogP contribution in [0.15, 0.2) is 42.5 Å². The number of aromatic nitrogens is 2. The van der Waals surface area contributed by atoms with Crippen LogP contribution in [0.2, 0.25) is 0 Å². The van der Waals surface area contributed by atoms with Gasteiger partial charge in [-0.1, -0.05) is 0 Å². The number of carbonyl (C=O) groups excluding carboxylic acids is 2. The van der Waals surface area contributed by atoms with Crippen LogP contribution in [0.3, 0.4) is 0 Å². The van der Waals surface area contributed by atoms with Gasteiger partial charge in [0.2, 0.25) is 5.95 Å². The number of benzene rings is 2. The molecule has 3 aromatic rings. The van der Waals surface area contributed by atoms with Gasteiger partial charge < -0.3 is 9.94 Å². The zero-order valence-corrected chi connectivity index (χ0v) is 12.5. The summed E-state index contributed by atoms with van der Waals surface area (Å²) >= 11 is 0. The molecular formula is C16H12FN3O4.